The highest BCUT2D eigenvalue weighted by atomic mass is 32.1. The highest BCUT2D eigenvalue weighted by Gasteiger charge is 2.23. The van der Waals surface area contributed by atoms with Crippen LogP contribution in [0, 0.1) is 5.92 Å². The molecule has 1 aliphatic heterocycles. The van der Waals surface area contributed by atoms with Gasteiger partial charge in [-0.05, 0) is 5.92 Å². The summed E-state index contributed by atoms with van der Waals surface area (Å²) in [6.07, 6.45) is 8.43. The molecule has 0 atom stereocenters. The minimum Gasteiger partial charge on any atom is -0.312 e. The maximum absolute atomic E-state index is 12.5. The zero-order valence-corrected chi connectivity index (χ0v) is 14.4. The first-order valence-corrected chi connectivity index (χ1v) is 9.52. The van der Waals surface area contributed by atoms with Gasteiger partial charge in [-0.2, -0.15) is 5.10 Å². The van der Waals surface area contributed by atoms with Crippen LogP contribution in [0.1, 0.15) is 58.9 Å². The van der Waals surface area contributed by atoms with E-state index in [1.807, 2.05) is 0 Å². The molecule has 3 heterocycles. The van der Waals surface area contributed by atoms with Gasteiger partial charge in [-0.25, -0.2) is 0 Å². The highest BCUT2D eigenvalue weighted by Crippen LogP contribution is 2.28. The summed E-state index contributed by atoms with van der Waals surface area (Å²) in [6.45, 7) is 1.59. The summed E-state index contributed by atoms with van der Waals surface area (Å²) in [4.78, 5) is 12.5. The smallest absolute Gasteiger partial charge is 0.278 e. The van der Waals surface area contributed by atoms with Crippen LogP contribution in [0.3, 0.4) is 0 Å². The number of anilines is 1. The van der Waals surface area contributed by atoms with Crippen LogP contribution in [-0.2, 0) is 19.4 Å². The summed E-state index contributed by atoms with van der Waals surface area (Å²) < 4.78 is 0. The number of amides is 1. The van der Waals surface area contributed by atoms with Gasteiger partial charge in [0, 0.05) is 37.2 Å². The van der Waals surface area contributed by atoms with Crippen LogP contribution < -0.4 is 10.6 Å². The van der Waals surface area contributed by atoms with Crippen molar-refractivity contribution in [3.05, 3.63) is 22.0 Å². The molecule has 0 bridgehead atoms. The van der Waals surface area contributed by atoms with E-state index in [0.717, 1.165) is 41.6 Å². The minimum absolute atomic E-state index is 0.212. The van der Waals surface area contributed by atoms with Crippen molar-refractivity contribution in [2.45, 2.75) is 51.5 Å². The minimum atomic E-state index is -0.212. The maximum Gasteiger partial charge on any atom is 0.278 e. The number of aromatic amines is 1. The largest absolute Gasteiger partial charge is 0.312 e. The van der Waals surface area contributed by atoms with E-state index in [2.05, 4.69) is 31.0 Å². The number of nitrogens with one attached hydrogen (secondary N) is 3. The first kappa shape index (κ1) is 15.7. The molecule has 2 aliphatic rings. The zero-order valence-electron chi connectivity index (χ0n) is 13.6. The van der Waals surface area contributed by atoms with Gasteiger partial charge >= 0.3 is 0 Å². The normalized spacial score (nSPS) is 18.3. The summed E-state index contributed by atoms with van der Waals surface area (Å²) in [5.74, 6) is 0.510. The lowest BCUT2D eigenvalue weighted by Gasteiger charge is -2.19. The van der Waals surface area contributed by atoms with Crippen LogP contribution in [0.5, 0.6) is 0 Å². The van der Waals surface area contributed by atoms with Crippen LogP contribution in [0.15, 0.2) is 0 Å². The molecule has 0 unspecified atom stereocenters. The SMILES string of the molecule is O=C(Nc1nnc(CC2CCCCC2)s1)c1n[nH]c2c1CNCC2. The molecule has 2 aromatic heterocycles. The second-order valence-corrected chi connectivity index (χ2v) is 7.68. The molecule has 0 saturated heterocycles. The Hall–Kier alpha value is -1.80. The molecule has 1 aliphatic carbocycles. The summed E-state index contributed by atoms with van der Waals surface area (Å²) in [5.41, 5.74) is 2.47. The monoisotopic (exact) mass is 346 g/mol. The van der Waals surface area contributed by atoms with E-state index in [-0.39, 0.29) is 5.91 Å². The van der Waals surface area contributed by atoms with Crippen molar-refractivity contribution < 1.29 is 4.79 Å². The van der Waals surface area contributed by atoms with Gasteiger partial charge in [0.2, 0.25) is 5.13 Å². The molecule has 1 saturated carbocycles. The predicted octanol–water partition coefficient (Wildman–Crippen LogP) is 2.28. The molecule has 2 aromatic rings. The number of hydrogen-bond acceptors (Lipinski definition) is 6. The quantitative estimate of drug-likeness (QED) is 0.789. The Morgan fingerprint density at radius 1 is 1.25 bits per heavy atom. The Morgan fingerprint density at radius 2 is 2.12 bits per heavy atom. The van der Waals surface area contributed by atoms with Gasteiger partial charge in [-0.1, -0.05) is 43.4 Å². The van der Waals surface area contributed by atoms with E-state index in [1.54, 1.807) is 0 Å². The van der Waals surface area contributed by atoms with Gasteiger partial charge in [-0.3, -0.25) is 15.2 Å². The molecule has 7 nitrogen and oxygen atoms in total. The highest BCUT2D eigenvalue weighted by molar-refractivity contribution is 7.15. The fourth-order valence-electron chi connectivity index (χ4n) is 3.59. The predicted molar refractivity (Wildman–Crippen MR) is 92.1 cm³/mol. The lowest BCUT2D eigenvalue weighted by atomic mass is 9.87. The molecule has 4 rings (SSSR count). The lowest BCUT2D eigenvalue weighted by molar-refractivity contribution is 0.102. The maximum atomic E-state index is 12.5. The lowest BCUT2D eigenvalue weighted by Crippen LogP contribution is -2.25. The Morgan fingerprint density at radius 3 is 3.00 bits per heavy atom. The van der Waals surface area contributed by atoms with Crippen molar-refractivity contribution in [3.63, 3.8) is 0 Å². The van der Waals surface area contributed by atoms with Crippen molar-refractivity contribution in [1.82, 2.24) is 25.7 Å². The van der Waals surface area contributed by atoms with E-state index in [1.165, 1.54) is 43.4 Å². The first-order chi connectivity index (χ1) is 11.8. The van der Waals surface area contributed by atoms with E-state index >= 15 is 0 Å². The number of carbonyl (C=O) groups excluding carboxylic acids is 1. The van der Waals surface area contributed by atoms with Crippen molar-refractivity contribution in [3.8, 4) is 0 Å². The summed E-state index contributed by atoms with van der Waals surface area (Å²) >= 11 is 1.48. The Kier molecular flexibility index (Phi) is 4.57. The first-order valence-electron chi connectivity index (χ1n) is 8.70. The fourth-order valence-corrected chi connectivity index (χ4v) is 4.44. The van der Waals surface area contributed by atoms with Crippen LogP contribution in [0.25, 0.3) is 0 Å². The number of H-pyrrole nitrogens is 1. The number of nitrogens with zero attached hydrogens (tertiary/aromatic N) is 3. The van der Waals surface area contributed by atoms with Crippen LogP contribution >= 0.6 is 11.3 Å². The molecule has 8 heteroatoms. The summed E-state index contributed by atoms with van der Waals surface area (Å²) in [7, 11) is 0. The Labute approximate surface area is 144 Å². The molecule has 1 fully saturated rings. The Balaban J connectivity index is 1.40. The van der Waals surface area contributed by atoms with Gasteiger partial charge in [-0.15, -0.1) is 10.2 Å². The molecule has 24 heavy (non-hydrogen) atoms. The van der Waals surface area contributed by atoms with Crippen molar-refractivity contribution in [2.75, 3.05) is 11.9 Å². The molecule has 0 aromatic carbocycles. The van der Waals surface area contributed by atoms with E-state index in [0.29, 0.717) is 17.4 Å². The van der Waals surface area contributed by atoms with Crippen molar-refractivity contribution in [1.29, 1.82) is 0 Å². The zero-order chi connectivity index (χ0) is 16.4. The molecule has 3 N–H and O–H groups in total. The van der Waals surface area contributed by atoms with Gasteiger partial charge in [0.05, 0.1) is 0 Å². The summed E-state index contributed by atoms with van der Waals surface area (Å²) in [6, 6.07) is 0. The van der Waals surface area contributed by atoms with E-state index in [9.17, 15) is 4.79 Å². The standard InChI is InChI=1S/C16H22N6OS/c23-15(14-11-9-17-7-6-12(11)19-21-14)18-16-22-20-13(24-16)8-10-4-2-1-3-5-10/h10,17H,1-9H2,(H,19,21)(H,18,22,23). The second-order valence-electron chi connectivity index (χ2n) is 6.62. The average Bonchev–Trinajstić information content (AvgIpc) is 3.22. The number of carbonyl (C=O) groups is 1. The molecule has 128 valence electrons. The Bertz CT molecular complexity index is 718. The molecule has 1 amide bonds. The third-order valence-corrected chi connectivity index (χ3v) is 5.76. The van der Waals surface area contributed by atoms with Gasteiger partial charge in [0.15, 0.2) is 5.69 Å². The number of rotatable bonds is 4. The molecule has 0 radical (unpaired) electrons. The fraction of sp³-hybridized carbons (Fsp3) is 0.625. The van der Waals surface area contributed by atoms with Crippen molar-refractivity contribution >= 4 is 22.4 Å². The van der Waals surface area contributed by atoms with Crippen LogP contribution in [-0.4, -0.2) is 32.8 Å². The second kappa shape index (κ2) is 6.98. The number of hydrogen-bond donors (Lipinski definition) is 3. The molecular weight excluding hydrogens is 324 g/mol. The number of aromatic nitrogens is 4. The topological polar surface area (TPSA) is 95.6 Å². The molecule has 0 spiro atoms. The van der Waals surface area contributed by atoms with Gasteiger partial charge < -0.3 is 5.32 Å². The van der Waals surface area contributed by atoms with Crippen LogP contribution in [0.2, 0.25) is 0 Å². The number of fused-ring (bicyclic) bond motifs is 1. The van der Waals surface area contributed by atoms with Crippen LogP contribution in [0.4, 0.5) is 5.13 Å². The third-order valence-electron chi connectivity index (χ3n) is 4.90. The van der Waals surface area contributed by atoms with E-state index < -0.39 is 0 Å². The van der Waals surface area contributed by atoms with Gasteiger partial charge in [0.1, 0.15) is 5.01 Å². The van der Waals surface area contributed by atoms with Gasteiger partial charge in [0.25, 0.3) is 5.91 Å². The molecular formula is C16H22N6OS. The van der Waals surface area contributed by atoms with E-state index in [4.69, 9.17) is 0 Å². The average molecular weight is 346 g/mol. The third kappa shape index (κ3) is 3.34. The van der Waals surface area contributed by atoms with Crippen molar-refractivity contribution in [2.24, 2.45) is 5.92 Å². The summed E-state index contributed by atoms with van der Waals surface area (Å²) in [5, 5.41) is 23.2.